The van der Waals surface area contributed by atoms with Crippen LogP contribution in [0.15, 0.2) is 44.2 Å². The average Bonchev–Trinajstić information content (AvgIpc) is 2.25. The van der Waals surface area contributed by atoms with E-state index < -0.39 is 16.0 Å². The minimum atomic E-state index is -3.94. The number of nitrogens with zero attached hydrogens (tertiary/aromatic N) is 1. The maximum atomic E-state index is 13.0. The van der Waals surface area contributed by atoms with Crippen LogP contribution in [0.1, 0.15) is 0 Å². The van der Waals surface area contributed by atoms with Gasteiger partial charge in [-0.3, -0.25) is 4.72 Å². The van der Waals surface area contributed by atoms with Crippen LogP contribution in [0.4, 0.5) is 15.9 Å². The van der Waals surface area contributed by atoms with Crippen LogP contribution in [0.25, 0.3) is 0 Å². The number of hydrogen-bond donors (Lipinski definition) is 2. The molecular weight excluding hydrogens is 417 g/mol. The van der Waals surface area contributed by atoms with Crippen molar-refractivity contribution in [1.29, 1.82) is 0 Å². The van der Waals surface area contributed by atoms with E-state index >= 15 is 0 Å². The number of nitrogens with two attached hydrogens (primary N) is 1. The molecule has 5 nitrogen and oxygen atoms in total. The highest BCUT2D eigenvalue weighted by molar-refractivity contribution is 9.11. The van der Waals surface area contributed by atoms with Crippen molar-refractivity contribution in [3.8, 4) is 0 Å². The van der Waals surface area contributed by atoms with Crippen LogP contribution < -0.4 is 10.5 Å². The molecule has 1 heterocycles. The van der Waals surface area contributed by atoms with Gasteiger partial charge >= 0.3 is 0 Å². The van der Waals surface area contributed by atoms with Gasteiger partial charge in [-0.25, -0.2) is 13.4 Å². The van der Waals surface area contributed by atoms with Crippen molar-refractivity contribution >= 4 is 53.4 Å². The summed E-state index contributed by atoms with van der Waals surface area (Å²) in [5.41, 5.74) is 6.00. The van der Waals surface area contributed by atoms with Crippen LogP contribution in [0.3, 0.4) is 0 Å². The number of sulfonamides is 1. The lowest BCUT2D eigenvalue weighted by Crippen LogP contribution is -2.15. The molecule has 1 aromatic heterocycles. The average molecular weight is 425 g/mol. The molecule has 0 fully saturated rings. The Hall–Kier alpha value is -1.19. The van der Waals surface area contributed by atoms with Crippen LogP contribution in [0.5, 0.6) is 0 Å². The summed E-state index contributed by atoms with van der Waals surface area (Å²) >= 11 is 6.28. The van der Waals surface area contributed by atoms with Crippen molar-refractivity contribution < 1.29 is 12.8 Å². The number of aromatic nitrogens is 1. The Bertz CT molecular complexity index is 745. The summed E-state index contributed by atoms with van der Waals surface area (Å²) in [6.45, 7) is 0. The van der Waals surface area contributed by atoms with E-state index in [0.29, 0.717) is 5.69 Å². The first-order chi connectivity index (χ1) is 9.29. The van der Waals surface area contributed by atoms with Crippen molar-refractivity contribution in [2.24, 2.45) is 0 Å². The molecule has 20 heavy (non-hydrogen) atoms. The van der Waals surface area contributed by atoms with Gasteiger partial charge in [-0.05, 0) is 56.1 Å². The summed E-state index contributed by atoms with van der Waals surface area (Å²) < 4.78 is 40.3. The Labute approximate surface area is 131 Å². The summed E-state index contributed by atoms with van der Waals surface area (Å²) in [4.78, 5) is 3.40. The molecule has 9 heteroatoms. The molecular formula is C11H8Br2FN3O2S. The number of nitrogens with one attached hydrogen (secondary N) is 1. The molecule has 0 bridgehead atoms. The van der Waals surface area contributed by atoms with E-state index in [9.17, 15) is 12.8 Å². The SMILES string of the molecule is Nc1cc(Br)c(S(=O)(=O)Nc2cccc(F)n2)c(Br)c1. The lowest BCUT2D eigenvalue weighted by atomic mass is 10.3. The second kappa shape index (κ2) is 5.66. The molecule has 0 aliphatic rings. The van der Waals surface area contributed by atoms with Gasteiger partial charge in [0.2, 0.25) is 5.95 Å². The van der Waals surface area contributed by atoms with Gasteiger partial charge < -0.3 is 5.73 Å². The molecule has 2 rings (SSSR count). The maximum Gasteiger partial charge on any atom is 0.265 e. The summed E-state index contributed by atoms with van der Waals surface area (Å²) in [6, 6.07) is 6.73. The predicted octanol–water partition coefficient (Wildman–Crippen LogP) is 3.13. The fraction of sp³-hybridized carbons (Fsp3) is 0. The number of anilines is 2. The lowest BCUT2D eigenvalue weighted by molar-refractivity contribution is 0.584. The largest absolute Gasteiger partial charge is 0.399 e. The second-order valence-electron chi connectivity index (χ2n) is 3.76. The van der Waals surface area contributed by atoms with Crippen molar-refractivity contribution in [2.75, 3.05) is 10.5 Å². The quantitative estimate of drug-likeness (QED) is 0.585. The van der Waals surface area contributed by atoms with E-state index in [1.54, 1.807) is 0 Å². The molecule has 0 saturated carbocycles. The van der Waals surface area contributed by atoms with E-state index in [0.717, 1.165) is 6.07 Å². The van der Waals surface area contributed by atoms with Gasteiger partial charge in [0.1, 0.15) is 10.7 Å². The number of halogens is 3. The van der Waals surface area contributed by atoms with Crippen molar-refractivity contribution in [1.82, 2.24) is 4.98 Å². The normalized spacial score (nSPS) is 11.3. The molecule has 0 spiro atoms. The Kier molecular flexibility index (Phi) is 4.31. The van der Waals surface area contributed by atoms with E-state index in [1.807, 2.05) is 0 Å². The molecule has 0 amide bonds. The minimum Gasteiger partial charge on any atom is -0.399 e. The first kappa shape index (κ1) is 15.2. The molecule has 106 valence electrons. The molecule has 0 aliphatic carbocycles. The van der Waals surface area contributed by atoms with Crippen LogP contribution >= 0.6 is 31.9 Å². The molecule has 0 atom stereocenters. The van der Waals surface area contributed by atoms with E-state index in [2.05, 4.69) is 41.6 Å². The van der Waals surface area contributed by atoms with E-state index in [1.165, 1.54) is 24.3 Å². The molecule has 0 saturated heterocycles. The summed E-state index contributed by atoms with van der Waals surface area (Å²) in [7, 11) is -3.94. The van der Waals surface area contributed by atoms with Gasteiger partial charge in [0.05, 0.1) is 0 Å². The fourth-order valence-corrected chi connectivity index (χ4v) is 5.11. The number of rotatable bonds is 3. The van der Waals surface area contributed by atoms with E-state index in [-0.39, 0.29) is 19.7 Å². The van der Waals surface area contributed by atoms with Gasteiger partial charge in [0.25, 0.3) is 10.0 Å². The zero-order valence-electron chi connectivity index (χ0n) is 9.77. The monoisotopic (exact) mass is 423 g/mol. The Morgan fingerprint density at radius 2 is 1.80 bits per heavy atom. The molecule has 2 aromatic rings. The van der Waals surface area contributed by atoms with Gasteiger partial charge in [-0.2, -0.15) is 4.39 Å². The predicted molar refractivity (Wildman–Crippen MR) is 81.3 cm³/mol. The minimum absolute atomic E-state index is 0.0437. The van der Waals surface area contributed by atoms with E-state index in [4.69, 9.17) is 5.73 Å². The van der Waals surface area contributed by atoms with Crippen LogP contribution in [-0.4, -0.2) is 13.4 Å². The topological polar surface area (TPSA) is 85.1 Å². The Morgan fingerprint density at radius 1 is 1.20 bits per heavy atom. The highest BCUT2D eigenvalue weighted by atomic mass is 79.9. The second-order valence-corrected chi connectivity index (χ2v) is 7.09. The first-order valence-electron chi connectivity index (χ1n) is 5.19. The first-order valence-corrected chi connectivity index (χ1v) is 8.26. The zero-order chi connectivity index (χ0) is 14.9. The maximum absolute atomic E-state index is 13.0. The summed E-state index contributed by atoms with van der Waals surface area (Å²) in [5.74, 6) is -0.888. The van der Waals surface area contributed by atoms with Crippen LogP contribution in [-0.2, 0) is 10.0 Å². The third-order valence-electron chi connectivity index (χ3n) is 2.24. The van der Waals surface area contributed by atoms with Crippen molar-refractivity contribution in [3.05, 3.63) is 45.2 Å². The highest BCUT2D eigenvalue weighted by Crippen LogP contribution is 2.33. The summed E-state index contributed by atoms with van der Waals surface area (Å²) in [6.07, 6.45) is 0. The zero-order valence-corrected chi connectivity index (χ0v) is 13.8. The summed E-state index contributed by atoms with van der Waals surface area (Å²) in [5, 5.41) is 0. The molecule has 0 radical (unpaired) electrons. The Morgan fingerprint density at radius 3 is 2.35 bits per heavy atom. The molecule has 0 unspecified atom stereocenters. The van der Waals surface area contributed by atoms with Crippen molar-refractivity contribution in [3.63, 3.8) is 0 Å². The number of benzene rings is 1. The molecule has 3 N–H and O–H groups in total. The van der Waals surface area contributed by atoms with Gasteiger partial charge in [-0.1, -0.05) is 6.07 Å². The Balaban J connectivity index is 2.46. The van der Waals surface area contributed by atoms with Crippen LogP contribution in [0, 0.1) is 5.95 Å². The van der Waals surface area contributed by atoms with Crippen molar-refractivity contribution in [2.45, 2.75) is 4.90 Å². The fourth-order valence-electron chi connectivity index (χ4n) is 1.49. The smallest absolute Gasteiger partial charge is 0.265 e. The molecule has 1 aromatic carbocycles. The highest BCUT2D eigenvalue weighted by Gasteiger charge is 2.22. The van der Waals surface area contributed by atoms with Crippen LogP contribution in [0.2, 0.25) is 0 Å². The van der Waals surface area contributed by atoms with Gasteiger partial charge in [0, 0.05) is 14.6 Å². The third-order valence-corrected chi connectivity index (χ3v) is 5.47. The third kappa shape index (κ3) is 3.28. The number of hydrogen-bond acceptors (Lipinski definition) is 4. The van der Waals surface area contributed by atoms with Gasteiger partial charge in [0.15, 0.2) is 0 Å². The number of nitrogen functional groups attached to an aromatic ring is 1. The van der Waals surface area contributed by atoms with Gasteiger partial charge in [-0.15, -0.1) is 0 Å². The number of pyridine rings is 1. The molecule has 0 aliphatic heterocycles. The lowest BCUT2D eigenvalue weighted by Gasteiger charge is -2.11. The standard InChI is InChI=1S/C11H8Br2FN3O2S/c12-7-4-6(15)5-8(13)11(7)20(18,19)17-10-3-1-2-9(14)16-10/h1-5H,15H2,(H,16,17).